The number of sulfone groups is 1. The van der Waals surface area contributed by atoms with Crippen molar-refractivity contribution >= 4 is 15.7 Å². The SMILES string of the molecule is CCN(CC(=O)N(C)C1CCS(=O)(=O)C1)Cc1ccco1. The van der Waals surface area contributed by atoms with Crippen LogP contribution < -0.4 is 0 Å². The highest BCUT2D eigenvalue weighted by Crippen LogP contribution is 2.17. The monoisotopic (exact) mass is 314 g/mol. The summed E-state index contributed by atoms with van der Waals surface area (Å²) in [5, 5.41) is 0. The average Bonchev–Trinajstić information content (AvgIpc) is 3.06. The molecule has 1 saturated heterocycles. The molecule has 1 aliphatic rings. The zero-order valence-electron chi connectivity index (χ0n) is 12.5. The minimum Gasteiger partial charge on any atom is -0.468 e. The summed E-state index contributed by atoms with van der Waals surface area (Å²) >= 11 is 0. The molecule has 0 spiro atoms. The second-order valence-corrected chi connectivity index (χ2v) is 7.67. The van der Waals surface area contributed by atoms with E-state index in [2.05, 4.69) is 0 Å². The molecular weight excluding hydrogens is 292 g/mol. The fraction of sp³-hybridized carbons (Fsp3) is 0.643. The van der Waals surface area contributed by atoms with Crippen LogP contribution in [-0.4, -0.2) is 61.8 Å². The molecule has 1 unspecified atom stereocenters. The summed E-state index contributed by atoms with van der Waals surface area (Å²) in [5.41, 5.74) is 0. The van der Waals surface area contributed by atoms with E-state index >= 15 is 0 Å². The summed E-state index contributed by atoms with van der Waals surface area (Å²) < 4.78 is 28.3. The van der Waals surface area contributed by atoms with Crippen molar-refractivity contribution in [3.63, 3.8) is 0 Å². The van der Waals surface area contributed by atoms with Gasteiger partial charge in [-0.25, -0.2) is 8.42 Å². The van der Waals surface area contributed by atoms with Gasteiger partial charge in [0.25, 0.3) is 0 Å². The summed E-state index contributed by atoms with van der Waals surface area (Å²) in [6, 6.07) is 3.51. The predicted octanol–water partition coefficient (Wildman–Crippen LogP) is 0.747. The van der Waals surface area contributed by atoms with Gasteiger partial charge in [-0.15, -0.1) is 0 Å². The number of rotatable bonds is 6. The number of carbonyl (C=O) groups excluding carboxylic acids is 1. The number of furan rings is 1. The molecule has 0 N–H and O–H groups in total. The van der Waals surface area contributed by atoms with Crippen LogP contribution in [0.2, 0.25) is 0 Å². The van der Waals surface area contributed by atoms with Crippen LogP contribution in [0, 0.1) is 0 Å². The summed E-state index contributed by atoms with van der Waals surface area (Å²) in [5.74, 6) is 1.03. The highest BCUT2D eigenvalue weighted by molar-refractivity contribution is 7.91. The average molecular weight is 314 g/mol. The van der Waals surface area contributed by atoms with E-state index in [0.29, 0.717) is 13.0 Å². The van der Waals surface area contributed by atoms with Crippen molar-refractivity contribution in [2.24, 2.45) is 0 Å². The minimum atomic E-state index is -2.97. The maximum atomic E-state index is 12.3. The van der Waals surface area contributed by atoms with Crippen molar-refractivity contribution in [2.45, 2.75) is 25.9 Å². The third kappa shape index (κ3) is 4.31. The summed E-state index contributed by atoms with van der Waals surface area (Å²) in [6.45, 7) is 3.55. The first kappa shape index (κ1) is 16.0. The van der Waals surface area contributed by atoms with Gasteiger partial charge in [0.1, 0.15) is 5.76 Å². The van der Waals surface area contributed by atoms with Crippen molar-refractivity contribution in [3.05, 3.63) is 24.2 Å². The third-order valence-electron chi connectivity index (χ3n) is 3.92. The summed E-state index contributed by atoms with van der Waals surface area (Å²) in [6.07, 6.45) is 2.15. The van der Waals surface area contributed by atoms with E-state index in [0.717, 1.165) is 12.3 Å². The molecule has 2 rings (SSSR count). The number of likely N-dealkylation sites (N-methyl/N-ethyl adjacent to an activating group) is 2. The molecule has 0 radical (unpaired) electrons. The lowest BCUT2D eigenvalue weighted by Gasteiger charge is -2.27. The first-order chi connectivity index (χ1) is 9.91. The molecule has 0 aromatic carbocycles. The minimum absolute atomic E-state index is 0.0505. The van der Waals surface area contributed by atoms with Gasteiger partial charge < -0.3 is 9.32 Å². The van der Waals surface area contributed by atoms with Crippen LogP contribution in [-0.2, 0) is 21.2 Å². The van der Waals surface area contributed by atoms with Crippen molar-refractivity contribution < 1.29 is 17.6 Å². The van der Waals surface area contributed by atoms with Crippen LogP contribution in [0.15, 0.2) is 22.8 Å². The Morgan fingerprint density at radius 3 is 2.76 bits per heavy atom. The smallest absolute Gasteiger partial charge is 0.236 e. The molecule has 1 aromatic heterocycles. The van der Waals surface area contributed by atoms with Crippen molar-refractivity contribution in [1.82, 2.24) is 9.80 Å². The molecule has 0 saturated carbocycles. The van der Waals surface area contributed by atoms with Crippen LogP contribution in [0.4, 0.5) is 0 Å². The van der Waals surface area contributed by atoms with Gasteiger partial charge in [-0.2, -0.15) is 0 Å². The van der Waals surface area contributed by atoms with Crippen LogP contribution in [0.1, 0.15) is 19.1 Å². The maximum absolute atomic E-state index is 12.3. The second kappa shape index (κ2) is 6.62. The summed E-state index contributed by atoms with van der Waals surface area (Å²) in [7, 11) is -1.28. The first-order valence-electron chi connectivity index (χ1n) is 7.12. The van der Waals surface area contributed by atoms with Gasteiger partial charge in [0, 0.05) is 13.1 Å². The molecule has 1 amide bonds. The Hall–Kier alpha value is -1.34. The van der Waals surface area contributed by atoms with E-state index in [1.807, 2.05) is 24.0 Å². The topological polar surface area (TPSA) is 70.8 Å². The van der Waals surface area contributed by atoms with E-state index in [-0.39, 0.29) is 30.0 Å². The molecule has 118 valence electrons. The van der Waals surface area contributed by atoms with Crippen LogP contribution in [0.5, 0.6) is 0 Å². The Balaban J connectivity index is 1.90. The highest BCUT2D eigenvalue weighted by atomic mass is 32.2. The van der Waals surface area contributed by atoms with Gasteiger partial charge in [-0.3, -0.25) is 9.69 Å². The molecule has 0 bridgehead atoms. The third-order valence-corrected chi connectivity index (χ3v) is 5.67. The number of hydrogen-bond acceptors (Lipinski definition) is 5. The Kier molecular flexibility index (Phi) is 5.05. The number of amides is 1. The maximum Gasteiger partial charge on any atom is 0.236 e. The molecule has 21 heavy (non-hydrogen) atoms. The fourth-order valence-corrected chi connectivity index (χ4v) is 4.26. The zero-order chi connectivity index (χ0) is 15.5. The Morgan fingerprint density at radius 1 is 1.48 bits per heavy atom. The van der Waals surface area contributed by atoms with Crippen molar-refractivity contribution in [3.8, 4) is 0 Å². The van der Waals surface area contributed by atoms with Crippen molar-refractivity contribution in [2.75, 3.05) is 31.6 Å². The molecular formula is C14H22N2O4S. The molecule has 1 atom stereocenters. The second-order valence-electron chi connectivity index (χ2n) is 5.44. The Labute approximate surface area is 125 Å². The molecule has 7 heteroatoms. The van der Waals surface area contributed by atoms with Gasteiger partial charge in [0.2, 0.25) is 5.91 Å². The van der Waals surface area contributed by atoms with E-state index in [1.54, 1.807) is 18.2 Å². The molecule has 6 nitrogen and oxygen atoms in total. The first-order valence-corrected chi connectivity index (χ1v) is 8.94. The van der Waals surface area contributed by atoms with Gasteiger partial charge >= 0.3 is 0 Å². The van der Waals surface area contributed by atoms with Gasteiger partial charge in [-0.1, -0.05) is 6.92 Å². The van der Waals surface area contributed by atoms with Gasteiger partial charge in [-0.05, 0) is 25.1 Å². The van der Waals surface area contributed by atoms with E-state index < -0.39 is 9.84 Å². The quantitative estimate of drug-likeness (QED) is 0.775. The van der Waals surface area contributed by atoms with E-state index in [1.165, 1.54) is 0 Å². The lowest BCUT2D eigenvalue weighted by Crippen LogP contribution is -2.43. The molecule has 2 heterocycles. The van der Waals surface area contributed by atoms with Gasteiger partial charge in [0.05, 0.1) is 30.9 Å². The van der Waals surface area contributed by atoms with Crippen LogP contribution in [0.25, 0.3) is 0 Å². The Bertz CT molecular complexity index is 568. The van der Waals surface area contributed by atoms with Crippen molar-refractivity contribution in [1.29, 1.82) is 0 Å². The number of carbonyl (C=O) groups is 1. The number of hydrogen-bond donors (Lipinski definition) is 0. The lowest BCUT2D eigenvalue weighted by molar-refractivity contribution is -0.132. The standard InChI is InChI=1S/C14H22N2O4S/c1-3-16(9-13-5-4-7-20-13)10-14(17)15(2)12-6-8-21(18,19)11-12/h4-5,7,12H,3,6,8-11H2,1-2H3. The Morgan fingerprint density at radius 2 is 2.24 bits per heavy atom. The molecule has 1 aromatic rings. The molecule has 1 aliphatic heterocycles. The van der Waals surface area contributed by atoms with E-state index in [9.17, 15) is 13.2 Å². The largest absolute Gasteiger partial charge is 0.468 e. The predicted molar refractivity (Wildman–Crippen MR) is 79.5 cm³/mol. The molecule has 0 aliphatic carbocycles. The molecule has 1 fully saturated rings. The summed E-state index contributed by atoms with van der Waals surface area (Å²) in [4.78, 5) is 15.8. The lowest BCUT2D eigenvalue weighted by atomic mass is 10.2. The van der Waals surface area contributed by atoms with Crippen LogP contribution >= 0.6 is 0 Å². The van der Waals surface area contributed by atoms with Crippen LogP contribution in [0.3, 0.4) is 0 Å². The highest BCUT2D eigenvalue weighted by Gasteiger charge is 2.32. The zero-order valence-corrected chi connectivity index (χ0v) is 13.3. The van der Waals surface area contributed by atoms with E-state index in [4.69, 9.17) is 4.42 Å². The normalized spacial score (nSPS) is 20.8. The van der Waals surface area contributed by atoms with Gasteiger partial charge in [0.15, 0.2) is 9.84 Å². The fourth-order valence-electron chi connectivity index (χ4n) is 2.49. The number of nitrogens with zero attached hydrogens (tertiary/aromatic N) is 2.